The number of aromatic nitrogens is 5. The first kappa shape index (κ1) is 16.3. The summed E-state index contributed by atoms with van der Waals surface area (Å²) >= 11 is 11.4. The SMILES string of the molecule is Cc1nc(Cl)nc(Nc2ccc(-n3ncc(F)c(Cl)c3=O)cc2)n1. The molecule has 0 spiro atoms. The summed E-state index contributed by atoms with van der Waals surface area (Å²) in [4.78, 5) is 23.8. The molecule has 0 saturated carbocycles. The lowest BCUT2D eigenvalue weighted by Gasteiger charge is -2.08. The number of aryl methyl sites for hydroxylation is 1. The van der Waals surface area contributed by atoms with Gasteiger partial charge in [0.25, 0.3) is 5.56 Å². The second kappa shape index (κ2) is 6.50. The van der Waals surface area contributed by atoms with Crippen LogP contribution in [0.3, 0.4) is 0 Å². The fourth-order valence-electron chi connectivity index (χ4n) is 1.92. The molecule has 0 radical (unpaired) electrons. The van der Waals surface area contributed by atoms with Crippen LogP contribution >= 0.6 is 23.2 Å². The van der Waals surface area contributed by atoms with Gasteiger partial charge in [-0.2, -0.15) is 19.7 Å². The Bertz CT molecular complexity index is 940. The molecular weight excluding hydrogens is 358 g/mol. The maximum Gasteiger partial charge on any atom is 0.293 e. The third-order valence-corrected chi connectivity index (χ3v) is 3.48. The molecular formula is C14H9Cl2FN6O. The Morgan fingerprint density at radius 2 is 1.83 bits per heavy atom. The van der Waals surface area contributed by atoms with Crippen LogP contribution in [0.5, 0.6) is 0 Å². The number of anilines is 2. The molecule has 3 aromatic rings. The third kappa shape index (κ3) is 3.34. The monoisotopic (exact) mass is 366 g/mol. The Labute approximate surface area is 145 Å². The molecule has 0 aliphatic rings. The molecule has 3 rings (SSSR count). The molecule has 1 aromatic carbocycles. The maximum atomic E-state index is 13.2. The van der Waals surface area contributed by atoms with Gasteiger partial charge >= 0.3 is 0 Å². The van der Waals surface area contributed by atoms with Crippen LogP contribution in [0.25, 0.3) is 5.69 Å². The van der Waals surface area contributed by atoms with E-state index < -0.39 is 16.4 Å². The summed E-state index contributed by atoms with van der Waals surface area (Å²) in [6.45, 7) is 1.69. The molecule has 0 unspecified atom stereocenters. The fraction of sp³-hybridized carbons (Fsp3) is 0.0714. The third-order valence-electron chi connectivity index (χ3n) is 2.96. The van der Waals surface area contributed by atoms with E-state index in [0.717, 1.165) is 10.9 Å². The minimum Gasteiger partial charge on any atom is -0.324 e. The highest BCUT2D eigenvalue weighted by atomic mass is 35.5. The van der Waals surface area contributed by atoms with Crippen LogP contribution in [0.1, 0.15) is 5.82 Å². The van der Waals surface area contributed by atoms with Crippen molar-refractivity contribution in [1.82, 2.24) is 24.7 Å². The van der Waals surface area contributed by atoms with Crippen LogP contribution in [-0.4, -0.2) is 24.7 Å². The van der Waals surface area contributed by atoms with E-state index in [1.54, 1.807) is 31.2 Å². The molecule has 7 nitrogen and oxygen atoms in total. The van der Waals surface area contributed by atoms with Gasteiger partial charge in [-0.1, -0.05) is 11.6 Å². The maximum absolute atomic E-state index is 13.2. The van der Waals surface area contributed by atoms with Gasteiger partial charge in [0.1, 0.15) is 10.8 Å². The summed E-state index contributed by atoms with van der Waals surface area (Å²) in [5, 5.41) is 6.25. The molecule has 122 valence electrons. The molecule has 0 amide bonds. The lowest BCUT2D eigenvalue weighted by atomic mass is 10.3. The molecule has 0 bridgehead atoms. The van der Waals surface area contributed by atoms with E-state index in [0.29, 0.717) is 23.1 Å². The van der Waals surface area contributed by atoms with Crippen LogP contribution < -0.4 is 10.9 Å². The molecule has 0 fully saturated rings. The van der Waals surface area contributed by atoms with E-state index in [1.165, 1.54) is 0 Å². The number of hydrogen-bond donors (Lipinski definition) is 1. The molecule has 0 aliphatic heterocycles. The first-order valence-corrected chi connectivity index (χ1v) is 7.38. The first-order chi connectivity index (χ1) is 11.4. The van der Waals surface area contributed by atoms with Crippen molar-refractivity contribution in [3.8, 4) is 5.69 Å². The van der Waals surface area contributed by atoms with Crippen molar-refractivity contribution in [1.29, 1.82) is 0 Å². The average molecular weight is 367 g/mol. The van der Waals surface area contributed by atoms with Crippen LogP contribution in [0.2, 0.25) is 10.3 Å². The van der Waals surface area contributed by atoms with Gasteiger partial charge in [-0.05, 0) is 42.8 Å². The smallest absolute Gasteiger partial charge is 0.293 e. The number of hydrogen-bond acceptors (Lipinski definition) is 6. The van der Waals surface area contributed by atoms with Gasteiger partial charge in [-0.15, -0.1) is 0 Å². The standard InChI is InChI=1S/C14H9Cl2FN6O/c1-7-19-13(16)22-14(20-7)21-8-2-4-9(5-3-8)23-12(24)11(15)10(17)6-18-23/h2-6H,1H3,(H,19,20,21,22). The number of nitrogens with one attached hydrogen (secondary N) is 1. The van der Waals surface area contributed by atoms with Gasteiger partial charge in [0, 0.05) is 5.69 Å². The Balaban J connectivity index is 1.88. The van der Waals surface area contributed by atoms with Crippen molar-refractivity contribution in [2.75, 3.05) is 5.32 Å². The highest BCUT2D eigenvalue weighted by Gasteiger charge is 2.10. The summed E-state index contributed by atoms with van der Waals surface area (Å²) in [6, 6.07) is 6.57. The largest absolute Gasteiger partial charge is 0.324 e. The normalized spacial score (nSPS) is 10.7. The van der Waals surface area contributed by atoms with Crippen molar-refractivity contribution < 1.29 is 4.39 Å². The predicted molar refractivity (Wildman–Crippen MR) is 87.7 cm³/mol. The van der Waals surface area contributed by atoms with Gasteiger partial charge in [-0.3, -0.25) is 4.79 Å². The minimum atomic E-state index is -0.863. The Morgan fingerprint density at radius 1 is 1.12 bits per heavy atom. The molecule has 1 N–H and O–H groups in total. The van der Waals surface area contributed by atoms with Crippen molar-refractivity contribution >= 4 is 34.8 Å². The van der Waals surface area contributed by atoms with E-state index in [2.05, 4.69) is 25.4 Å². The van der Waals surface area contributed by atoms with Gasteiger partial charge < -0.3 is 5.32 Å². The lowest BCUT2D eigenvalue weighted by molar-refractivity contribution is 0.601. The Kier molecular flexibility index (Phi) is 4.41. The number of nitrogens with zero attached hydrogens (tertiary/aromatic N) is 5. The van der Waals surface area contributed by atoms with E-state index in [1.807, 2.05) is 0 Å². The highest BCUT2D eigenvalue weighted by molar-refractivity contribution is 6.30. The Hall–Kier alpha value is -2.58. The quantitative estimate of drug-likeness (QED) is 0.766. The van der Waals surface area contributed by atoms with E-state index in [4.69, 9.17) is 23.2 Å². The zero-order chi connectivity index (χ0) is 17.3. The number of halogens is 3. The van der Waals surface area contributed by atoms with Crippen LogP contribution in [-0.2, 0) is 0 Å². The molecule has 24 heavy (non-hydrogen) atoms. The zero-order valence-electron chi connectivity index (χ0n) is 12.2. The minimum absolute atomic E-state index is 0.0818. The van der Waals surface area contributed by atoms with Crippen molar-refractivity contribution in [2.45, 2.75) is 6.92 Å². The molecule has 0 atom stereocenters. The lowest BCUT2D eigenvalue weighted by Crippen LogP contribution is -2.22. The van der Waals surface area contributed by atoms with Crippen LogP contribution in [0.15, 0.2) is 35.3 Å². The predicted octanol–water partition coefficient (Wildman–Crippen LogP) is 2.92. The fourth-order valence-corrected chi connectivity index (χ4v) is 2.25. The second-order valence-corrected chi connectivity index (χ2v) is 5.39. The van der Waals surface area contributed by atoms with E-state index >= 15 is 0 Å². The van der Waals surface area contributed by atoms with Crippen molar-refractivity contribution in [2.24, 2.45) is 0 Å². The van der Waals surface area contributed by atoms with Crippen molar-refractivity contribution in [3.05, 3.63) is 62.8 Å². The molecule has 0 saturated heterocycles. The molecule has 2 heterocycles. The topological polar surface area (TPSA) is 85.6 Å². The molecule has 2 aromatic heterocycles. The molecule has 10 heteroatoms. The van der Waals surface area contributed by atoms with E-state index in [-0.39, 0.29) is 5.28 Å². The number of benzene rings is 1. The number of rotatable bonds is 3. The highest BCUT2D eigenvalue weighted by Crippen LogP contribution is 2.17. The van der Waals surface area contributed by atoms with E-state index in [9.17, 15) is 9.18 Å². The van der Waals surface area contributed by atoms with Crippen molar-refractivity contribution in [3.63, 3.8) is 0 Å². The van der Waals surface area contributed by atoms with Gasteiger partial charge in [0.15, 0.2) is 5.82 Å². The van der Waals surface area contributed by atoms with Gasteiger partial charge in [-0.25, -0.2) is 9.37 Å². The summed E-state index contributed by atoms with van der Waals surface area (Å²) in [6.07, 6.45) is 0.880. The van der Waals surface area contributed by atoms with Gasteiger partial charge in [0.05, 0.1) is 11.9 Å². The summed E-state index contributed by atoms with van der Waals surface area (Å²) in [5.41, 5.74) is 0.344. The summed E-state index contributed by atoms with van der Waals surface area (Å²) in [5.74, 6) is -0.0931. The summed E-state index contributed by atoms with van der Waals surface area (Å²) < 4.78 is 14.2. The average Bonchev–Trinajstić information content (AvgIpc) is 2.53. The Morgan fingerprint density at radius 3 is 2.50 bits per heavy atom. The van der Waals surface area contributed by atoms with Gasteiger partial charge in [0.2, 0.25) is 11.2 Å². The molecule has 0 aliphatic carbocycles. The summed E-state index contributed by atoms with van der Waals surface area (Å²) in [7, 11) is 0. The second-order valence-electron chi connectivity index (χ2n) is 4.67. The van der Waals surface area contributed by atoms with Crippen LogP contribution in [0.4, 0.5) is 16.0 Å². The van der Waals surface area contributed by atoms with Crippen LogP contribution in [0, 0.1) is 12.7 Å². The first-order valence-electron chi connectivity index (χ1n) is 6.63. The zero-order valence-corrected chi connectivity index (χ0v) is 13.7.